The Morgan fingerprint density at radius 2 is 1.93 bits per heavy atom. The standard InChI is InChI=1S/C24H36O6/c1-5-15(3)24(29)30-21-11-14(2)10-17-7-6-16(4)20(23(17)21)9-8-18(25)12-19(26)13-22(27)28/h6-7,10,14-16,19-21,23,26H,5,8-9,11-13H2,1-4H3,(H,27,28)/t14-,15-,16-,19+,20-,21-,23-/m0/s1. The second kappa shape index (κ2) is 10.9. The highest BCUT2D eigenvalue weighted by atomic mass is 16.5. The number of ketones is 1. The van der Waals surface area contributed by atoms with E-state index in [1.165, 1.54) is 5.57 Å². The van der Waals surface area contributed by atoms with Gasteiger partial charge in [-0.05, 0) is 42.6 Å². The first-order chi connectivity index (χ1) is 14.1. The van der Waals surface area contributed by atoms with Gasteiger partial charge in [-0.1, -0.05) is 45.9 Å². The molecule has 0 aromatic rings. The largest absolute Gasteiger partial charge is 0.481 e. The van der Waals surface area contributed by atoms with Gasteiger partial charge >= 0.3 is 11.9 Å². The van der Waals surface area contributed by atoms with Gasteiger partial charge in [0, 0.05) is 18.8 Å². The van der Waals surface area contributed by atoms with Crippen LogP contribution in [0.15, 0.2) is 23.8 Å². The molecule has 0 radical (unpaired) electrons. The third kappa shape index (κ3) is 6.53. The van der Waals surface area contributed by atoms with Gasteiger partial charge in [-0.3, -0.25) is 14.4 Å². The maximum atomic E-state index is 12.5. The second-order valence-corrected chi connectivity index (χ2v) is 9.11. The Balaban J connectivity index is 2.10. The third-order valence-electron chi connectivity index (χ3n) is 6.51. The van der Waals surface area contributed by atoms with Crippen LogP contribution in [0.5, 0.6) is 0 Å². The van der Waals surface area contributed by atoms with Crippen molar-refractivity contribution in [2.75, 3.05) is 0 Å². The number of aliphatic hydroxyl groups excluding tert-OH is 1. The molecule has 2 aliphatic carbocycles. The molecule has 0 bridgehead atoms. The minimum atomic E-state index is -1.14. The molecular weight excluding hydrogens is 384 g/mol. The highest BCUT2D eigenvalue weighted by Gasteiger charge is 2.41. The number of fused-ring (bicyclic) bond motifs is 1. The lowest BCUT2D eigenvalue weighted by atomic mass is 9.65. The number of carboxylic acids is 1. The van der Waals surface area contributed by atoms with Crippen LogP contribution in [0, 0.1) is 29.6 Å². The number of hydrogen-bond acceptors (Lipinski definition) is 5. The first-order valence-electron chi connectivity index (χ1n) is 11.1. The minimum Gasteiger partial charge on any atom is -0.481 e. The van der Waals surface area contributed by atoms with Gasteiger partial charge in [-0.2, -0.15) is 0 Å². The van der Waals surface area contributed by atoms with Crippen molar-refractivity contribution in [3.8, 4) is 0 Å². The number of Topliss-reactive ketones (excluding diaryl/α,β-unsaturated/α-hetero) is 1. The third-order valence-corrected chi connectivity index (χ3v) is 6.51. The summed E-state index contributed by atoms with van der Waals surface area (Å²) in [5, 5.41) is 18.5. The van der Waals surface area contributed by atoms with Crippen molar-refractivity contribution in [3.63, 3.8) is 0 Å². The van der Waals surface area contributed by atoms with Crippen molar-refractivity contribution in [2.45, 2.75) is 78.4 Å². The van der Waals surface area contributed by atoms with Crippen LogP contribution in [0.1, 0.15) is 66.2 Å². The van der Waals surface area contributed by atoms with Crippen molar-refractivity contribution >= 4 is 17.7 Å². The molecule has 0 aromatic carbocycles. The summed E-state index contributed by atoms with van der Waals surface area (Å²) in [5.74, 6) is -0.770. The lowest BCUT2D eigenvalue weighted by molar-refractivity contribution is -0.158. The molecule has 0 heterocycles. The summed E-state index contributed by atoms with van der Waals surface area (Å²) in [6, 6.07) is 0. The van der Waals surface area contributed by atoms with Crippen LogP contribution >= 0.6 is 0 Å². The van der Waals surface area contributed by atoms with Crippen molar-refractivity contribution in [1.82, 2.24) is 0 Å². The molecule has 6 heteroatoms. The quantitative estimate of drug-likeness (QED) is 0.520. The second-order valence-electron chi connectivity index (χ2n) is 9.11. The zero-order valence-electron chi connectivity index (χ0n) is 18.5. The Bertz CT molecular complexity index is 694. The predicted molar refractivity (Wildman–Crippen MR) is 114 cm³/mol. The van der Waals surface area contributed by atoms with Crippen LogP contribution in [-0.4, -0.2) is 40.1 Å². The van der Waals surface area contributed by atoms with E-state index in [1.54, 1.807) is 0 Å². The molecule has 0 amide bonds. The van der Waals surface area contributed by atoms with E-state index in [1.807, 2.05) is 13.8 Å². The van der Waals surface area contributed by atoms with E-state index in [9.17, 15) is 19.5 Å². The Morgan fingerprint density at radius 3 is 2.57 bits per heavy atom. The lowest BCUT2D eigenvalue weighted by Crippen LogP contribution is -2.41. The molecule has 0 aromatic heterocycles. The van der Waals surface area contributed by atoms with Crippen LogP contribution in [0.2, 0.25) is 0 Å². The Labute approximate surface area is 179 Å². The number of aliphatic carboxylic acids is 1. The van der Waals surface area contributed by atoms with Crippen LogP contribution in [0.4, 0.5) is 0 Å². The summed E-state index contributed by atoms with van der Waals surface area (Å²) < 4.78 is 5.97. The number of carboxylic acid groups (broad SMARTS) is 1. The van der Waals surface area contributed by atoms with E-state index in [2.05, 4.69) is 32.1 Å². The van der Waals surface area contributed by atoms with Gasteiger partial charge in [0.1, 0.15) is 11.9 Å². The molecule has 0 saturated carbocycles. The Hall–Kier alpha value is -1.95. The minimum absolute atomic E-state index is 0.0611. The first-order valence-corrected chi connectivity index (χ1v) is 11.1. The number of aliphatic hydroxyl groups is 1. The topological polar surface area (TPSA) is 101 Å². The summed E-state index contributed by atoms with van der Waals surface area (Å²) in [5.41, 5.74) is 1.18. The van der Waals surface area contributed by atoms with Gasteiger partial charge in [-0.25, -0.2) is 0 Å². The van der Waals surface area contributed by atoms with Crippen molar-refractivity contribution in [2.24, 2.45) is 29.6 Å². The zero-order chi connectivity index (χ0) is 22.4. The molecule has 168 valence electrons. The first kappa shape index (κ1) is 24.3. The van der Waals surface area contributed by atoms with Gasteiger partial charge in [-0.15, -0.1) is 0 Å². The summed E-state index contributed by atoms with van der Waals surface area (Å²) >= 11 is 0. The highest BCUT2D eigenvalue weighted by Crippen LogP contribution is 2.45. The van der Waals surface area contributed by atoms with Crippen LogP contribution in [-0.2, 0) is 19.1 Å². The van der Waals surface area contributed by atoms with E-state index in [0.29, 0.717) is 12.3 Å². The molecular formula is C24H36O6. The van der Waals surface area contributed by atoms with Crippen LogP contribution in [0.3, 0.4) is 0 Å². The maximum absolute atomic E-state index is 12.5. The zero-order valence-corrected chi connectivity index (χ0v) is 18.5. The summed E-state index contributed by atoms with van der Waals surface area (Å²) in [7, 11) is 0. The van der Waals surface area contributed by atoms with Gasteiger partial charge in [0.15, 0.2) is 0 Å². The number of hydrogen-bond donors (Lipinski definition) is 2. The van der Waals surface area contributed by atoms with Gasteiger partial charge in [0.2, 0.25) is 0 Å². The van der Waals surface area contributed by atoms with Crippen molar-refractivity contribution in [3.05, 3.63) is 23.8 Å². The number of carbonyl (C=O) groups is 3. The van der Waals surface area contributed by atoms with Gasteiger partial charge < -0.3 is 14.9 Å². The smallest absolute Gasteiger partial charge is 0.308 e. The molecule has 0 aliphatic heterocycles. The molecule has 0 saturated heterocycles. The molecule has 2 N–H and O–H groups in total. The monoisotopic (exact) mass is 420 g/mol. The van der Waals surface area contributed by atoms with Crippen LogP contribution in [0.25, 0.3) is 0 Å². The molecule has 2 aliphatic rings. The lowest BCUT2D eigenvalue weighted by Gasteiger charge is -2.43. The van der Waals surface area contributed by atoms with E-state index in [0.717, 1.165) is 12.8 Å². The fourth-order valence-electron chi connectivity index (χ4n) is 4.62. The van der Waals surface area contributed by atoms with E-state index >= 15 is 0 Å². The fraction of sp³-hybridized carbons (Fsp3) is 0.708. The SMILES string of the molecule is CC[C@H](C)C(=O)O[C@H]1C[C@@H](C)C=C2C=C[C@H](C)[C@H](CCC(=O)C[C@@H](O)CC(=O)O)[C@H]21. The van der Waals surface area contributed by atoms with E-state index in [-0.39, 0.29) is 54.4 Å². The molecule has 0 fully saturated rings. The Morgan fingerprint density at radius 1 is 1.23 bits per heavy atom. The molecule has 0 spiro atoms. The normalized spacial score (nSPS) is 30.0. The maximum Gasteiger partial charge on any atom is 0.308 e. The number of ether oxygens (including phenoxy) is 1. The number of allylic oxidation sites excluding steroid dienone is 3. The Kier molecular flexibility index (Phi) is 8.83. The highest BCUT2D eigenvalue weighted by molar-refractivity contribution is 5.79. The van der Waals surface area contributed by atoms with Crippen LogP contribution < -0.4 is 0 Å². The number of rotatable bonds is 10. The van der Waals surface area contributed by atoms with Gasteiger partial charge in [0.05, 0.1) is 18.4 Å². The summed E-state index contributed by atoms with van der Waals surface area (Å²) in [6.07, 6.45) is 7.04. The van der Waals surface area contributed by atoms with Gasteiger partial charge in [0.25, 0.3) is 0 Å². The molecule has 0 unspecified atom stereocenters. The fourth-order valence-corrected chi connectivity index (χ4v) is 4.62. The average Bonchev–Trinajstić information content (AvgIpc) is 2.65. The number of esters is 1. The molecule has 6 nitrogen and oxygen atoms in total. The van der Waals surface area contributed by atoms with Crippen molar-refractivity contribution < 1.29 is 29.3 Å². The van der Waals surface area contributed by atoms with Crippen molar-refractivity contribution in [1.29, 1.82) is 0 Å². The van der Waals surface area contributed by atoms with E-state index < -0.39 is 18.5 Å². The average molecular weight is 421 g/mol. The van der Waals surface area contributed by atoms with E-state index in [4.69, 9.17) is 9.84 Å². The molecule has 2 rings (SSSR count). The summed E-state index contributed by atoms with van der Waals surface area (Å²) in [6.45, 7) is 8.10. The number of carbonyl (C=O) groups excluding carboxylic acids is 2. The predicted octanol–water partition coefficient (Wildman–Crippen LogP) is 3.92. The summed E-state index contributed by atoms with van der Waals surface area (Å²) in [4.78, 5) is 35.5. The molecule has 30 heavy (non-hydrogen) atoms. The molecule has 7 atom stereocenters.